The molecule has 138 valence electrons. The normalized spacial score (nSPS) is 12.8. The largest absolute Gasteiger partial charge is 0.454 e. The van der Waals surface area contributed by atoms with Crippen LogP contribution in [-0.2, 0) is 9.84 Å². The molecule has 3 aromatic rings. The summed E-state index contributed by atoms with van der Waals surface area (Å²) in [5, 5.41) is 10.1. The molecule has 0 bridgehead atoms. The van der Waals surface area contributed by atoms with E-state index in [0.717, 1.165) is 6.26 Å². The Morgan fingerprint density at radius 3 is 2.67 bits per heavy atom. The highest BCUT2D eigenvalue weighted by Crippen LogP contribution is 2.35. The van der Waals surface area contributed by atoms with Crippen molar-refractivity contribution in [1.29, 1.82) is 0 Å². The minimum Gasteiger partial charge on any atom is -0.454 e. The van der Waals surface area contributed by atoms with Crippen molar-refractivity contribution in [2.24, 2.45) is 0 Å². The summed E-state index contributed by atoms with van der Waals surface area (Å²) in [6, 6.07) is 10.8. The molecule has 0 fully saturated rings. The lowest BCUT2D eigenvalue weighted by Crippen LogP contribution is -2.16. The van der Waals surface area contributed by atoms with Gasteiger partial charge in [0.25, 0.3) is 5.91 Å². The number of fused-ring (bicyclic) bond motifs is 1. The van der Waals surface area contributed by atoms with Gasteiger partial charge in [-0.15, -0.1) is 5.10 Å². The van der Waals surface area contributed by atoms with Crippen LogP contribution in [0.5, 0.6) is 11.5 Å². The van der Waals surface area contributed by atoms with Gasteiger partial charge in [-0.25, -0.2) is 8.42 Å². The Labute approximate surface area is 153 Å². The molecule has 1 amide bonds. The van der Waals surface area contributed by atoms with E-state index in [1.807, 2.05) is 0 Å². The molecule has 0 saturated heterocycles. The van der Waals surface area contributed by atoms with Gasteiger partial charge in [-0.3, -0.25) is 10.1 Å². The van der Waals surface area contributed by atoms with Gasteiger partial charge in [-0.2, -0.15) is 0 Å². The molecular formula is C17H13N3O6S. The summed E-state index contributed by atoms with van der Waals surface area (Å²) < 4.78 is 39.7. The van der Waals surface area contributed by atoms with Crippen LogP contribution in [0.2, 0.25) is 0 Å². The van der Waals surface area contributed by atoms with Crippen molar-refractivity contribution in [3.8, 4) is 23.0 Å². The molecule has 0 spiro atoms. The zero-order chi connectivity index (χ0) is 19.0. The fourth-order valence-electron chi connectivity index (χ4n) is 2.56. The Balaban J connectivity index is 1.58. The number of aromatic nitrogens is 2. The van der Waals surface area contributed by atoms with Gasteiger partial charge in [-0.05, 0) is 30.3 Å². The number of hydrogen-bond acceptors (Lipinski definition) is 8. The quantitative estimate of drug-likeness (QED) is 0.723. The van der Waals surface area contributed by atoms with Crippen LogP contribution in [0.1, 0.15) is 10.4 Å². The highest BCUT2D eigenvalue weighted by molar-refractivity contribution is 7.90. The topological polar surface area (TPSA) is 121 Å². The van der Waals surface area contributed by atoms with Crippen molar-refractivity contribution >= 4 is 21.8 Å². The molecule has 0 saturated carbocycles. The van der Waals surface area contributed by atoms with Gasteiger partial charge in [0, 0.05) is 11.8 Å². The molecule has 9 nitrogen and oxygen atoms in total. The maximum absolute atomic E-state index is 12.4. The van der Waals surface area contributed by atoms with Gasteiger partial charge >= 0.3 is 6.01 Å². The van der Waals surface area contributed by atoms with Gasteiger partial charge in [0.1, 0.15) is 0 Å². The number of amides is 1. The van der Waals surface area contributed by atoms with Crippen molar-refractivity contribution < 1.29 is 27.1 Å². The van der Waals surface area contributed by atoms with E-state index in [0.29, 0.717) is 17.1 Å². The lowest BCUT2D eigenvalue weighted by molar-refractivity contribution is 0.102. The first-order valence-corrected chi connectivity index (χ1v) is 9.65. The van der Waals surface area contributed by atoms with Crippen molar-refractivity contribution in [2.45, 2.75) is 4.90 Å². The van der Waals surface area contributed by atoms with Crippen LogP contribution >= 0.6 is 0 Å². The maximum Gasteiger partial charge on any atom is 0.322 e. The summed E-state index contributed by atoms with van der Waals surface area (Å²) in [7, 11) is -3.57. The molecule has 0 unspecified atom stereocenters. The third-order valence-corrected chi connectivity index (χ3v) is 4.95. The smallest absolute Gasteiger partial charge is 0.322 e. The van der Waals surface area contributed by atoms with Crippen LogP contribution in [0.25, 0.3) is 11.5 Å². The second-order valence-corrected chi connectivity index (χ2v) is 7.69. The average Bonchev–Trinajstić information content (AvgIpc) is 3.29. The van der Waals surface area contributed by atoms with Crippen molar-refractivity contribution in [3.05, 3.63) is 48.0 Å². The minimum atomic E-state index is -3.57. The molecule has 4 rings (SSSR count). The molecular weight excluding hydrogens is 374 g/mol. The van der Waals surface area contributed by atoms with E-state index in [1.165, 1.54) is 18.2 Å². The van der Waals surface area contributed by atoms with E-state index < -0.39 is 15.7 Å². The number of benzene rings is 2. The van der Waals surface area contributed by atoms with Crippen LogP contribution in [0, 0.1) is 0 Å². The molecule has 0 atom stereocenters. The molecule has 1 aromatic heterocycles. The Hall–Kier alpha value is -3.40. The number of ether oxygens (including phenoxy) is 2. The number of carbonyl (C=O) groups is 1. The molecule has 1 aliphatic rings. The van der Waals surface area contributed by atoms with Gasteiger partial charge in [-0.1, -0.05) is 17.2 Å². The van der Waals surface area contributed by atoms with E-state index >= 15 is 0 Å². The number of hydrogen-bond donors (Lipinski definition) is 1. The molecule has 27 heavy (non-hydrogen) atoms. The Bertz CT molecular complexity index is 1140. The number of carbonyl (C=O) groups excluding carboxylic acids is 1. The van der Waals surface area contributed by atoms with E-state index in [4.69, 9.17) is 13.9 Å². The third kappa shape index (κ3) is 3.34. The predicted molar refractivity (Wildman–Crippen MR) is 93.4 cm³/mol. The van der Waals surface area contributed by atoms with E-state index in [1.54, 1.807) is 24.3 Å². The van der Waals surface area contributed by atoms with Crippen LogP contribution in [0.3, 0.4) is 0 Å². The molecule has 10 heteroatoms. The number of rotatable bonds is 4. The maximum atomic E-state index is 12.4. The number of anilines is 1. The molecule has 2 aromatic carbocycles. The Morgan fingerprint density at radius 2 is 1.85 bits per heavy atom. The van der Waals surface area contributed by atoms with Crippen LogP contribution < -0.4 is 14.8 Å². The van der Waals surface area contributed by atoms with Gasteiger partial charge in [0.15, 0.2) is 21.3 Å². The first-order valence-electron chi connectivity index (χ1n) is 7.76. The zero-order valence-corrected chi connectivity index (χ0v) is 14.8. The van der Waals surface area contributed by atoms with Crippen molar-refractivity contribution in [1.82, 2.24) is 10.2 Å². The summed E-state index contributed by atoms with van der Waals surface area (Å²) in [5.74, 6) is 0.666. The average molecular weight is 387 g/mol. The molecule has 0 aliphatic carbocycles. The summed E-state index contributed by atoms with van der Waals surface area (Å²) >= 11 is 0. The zero-order valence-electron chi connectivity index (χ0n) is 14.0. The number of nitrogens with one attached hydrogen (secondary N) is 1. The molecule has 0 radical (unpaired) electrons. The molecule has 1 aliphatic heterocycles. The van der Waals surface area contributed by atoms with E-state index in [-0.39, 0.29) is 29.2 Å². The summed E-state index contributed by atoms with van der Waals surface area (Å²) in [6.07, 6.45) is 1.03. The van der Waals surface area contributed by atoms with Gasteiger partial charge in [0.2, 0.25) is 12.7 Å². The van der Waals surface area contributed by atoms with Crippen LogP contribution in [0.15, 0.2) is 51.8 Å². The highest BCUT2D eigenvalue weighted by atomic mass is 32.2. The standard InChI is InChI=1S/C17H13N3O6S/c1-27(22,23)14-5-3-2-4-11(14)15(21)18-17-20-19-16(26-17)10-6-7-12-13(8-10)25-9-24-12/h2-8H,9H2,1H3,(H,18,20,21). The fraction of sp³-hybridized carbons (Fsp3) is 0.118. The highest BCUT2D eigenvalue weighted by Gasteiger charge is 2.21. The van der Waals surface area contributed by atoms with Crippen molar-refractivity contribution in [3.63, 3.8) is 0 Å². The molecule has 2 heterocycles. The lowest BCUT2D eigenvalue weighted by atomic mass is 10.2. The third-order valence-electron chi connectivity index (χ3n) is 3.80. The first-order chi connectivity index (χ1) is 12.9. The second-order valence-electron chi connectivity index (χ2n) is 5.70. The monoisotopic (exact) mass is 387 g/mol. The second kappa shape index (κ2) is 6.40. The number of sulfone groups is 1. The predicted octanol–water partition coefficient (Wildman–Crippen LogP) is 2.12. The lowest BCUT2D eigenvalue weighted by Gasteiger charge is -2.06. The van der Waals surface area contributed by atoms with Gasteiger partial charge in [0.05, 0.1) is 10.5 Å². The first kappa shape index (κ1) is 17.0. The minimum absolute atomic E-state index is 0.0113. The fourth-order valence-corrected chi connectivity index (χ4v) is 3.45. The Morgan fingerprint density at radius 1 is 1.07 bits per heavy atom. The van der Waals surface area contributed by atoms with E-state index in [2.05, 4.69) is 15.5 Å². The Kier molecular flexibility index (Phi) is 4.04. The summed E-state index contributed by atoms with van der Waals surface area (Å²) in [6.45, 7) is 0.143. The molecule has 1 N–H and O–H groups in total. The summed E-state index contributed by atoms with van der Waals surface area (Å²) in [5.41, 5.74) is 0.576. The van der Waals surface area contributed by atoms with Crippen molar-refractivity contribution in [2.75, 3.05) is 18.4 Å². The van der Waals surface area contributed by atoms with Crippen LogP contribution in [-0.4, -0.2) is 37.6 Å². The van der Waals surface area contributed by atoms with Gasteiger partial charge < -0.3 is 13.9 Å². The number of nitrogens with zero attached hydrogens (tertiary/aromatic N) is 2. The summed E-state index contributed by atoms with van der Waals surface area (Å²) in [4.78, 5) is 12.4. The van der Waals surface area contributed by atoms with E-state index in [9.17, 15) is 13.2 Å². The SMILES string of the molecule is CS(=O)(=O)c1ccccc1C(=O)Nc1nnc(-c2ccc3c(c2)OCO3)o1. The van der Waals surface area contributed by atoms with Crippen LogP contribution in [0.4, 0.5) is 6.01 Å².